The number of likely N-dealkylation sites (tertiary alicyclic amines) is 1. The lowest BCUT2D eigenvalue weighted by molar-refractivity contribution is -0.145. The lowest BCUT2D eigenvalue weighted by Gasteiger charge is -2.15. The van der Waals surface area contributed by atoms with Gasteiger partial charge in [0.1, 0.15) is 5.65 Å². The first-order chi connectivity index (χ1) is 9.69. The summed E-state index contributed by atoms with van der Waals surface area (Å²) in [6.45, 7) is 0.899. The lowest BCUT2D eigenvalue weighted by atomic mass is 10.1. The van der Waals surface area contributed by atoms with Gasteiger partial charge in [-0.15, -0.1) is 0 Å². The third kappa shape index (κ3) is 2.13. The second-order valence-electron chi connectivity index (χ2n) is 4.91. The molecule has 1 amide bonds. The van der Waals surface area contributed by atoms with E-state index < -0.39 is 0 Å². The number of amides is 1. The Morgan fingerprint density at radius 1 is 1.60 bits per heavy atom. The van der Waals surface area contributed by atoms with Crippen LogP contribution in [0.2, 0.25) is 0 Å². The number of pyridine rings is 1. The molecule has 1 saturated heterocycles. The zero-order valence-corrected chi connectivity index (χ0v) is 11.1. The van der Waals surface area contributed by atoms with Crippen LogP contribution in [0.3, 0.4) is 0 Å². The molecule has 1 atom stereocenters. The standard InChI is InChI=1S/C14H15N3O3/c1-20-14(19)9-5-12(18)17(7-9)8-10-6-16-13-11(10)3-2-4-15-13/h2-4,6,9H,5,7-8H2,1H3,(H,15,16). The lowest BCUT2D eigenvalue weighted by Crippen LogP contribution is -2.26. The molecule has 1 N–H and O–H groups in total. The number of carbonyl (C=O) groups excluding carboxylic acids is 2. The normalized spacial score (nSPS) is 18.8. The van der Waals surface area contributed by atoms with Gasteiger partial charge in [0.15, 0.2) is 0 Å². The minimum absolute atomic E-state index is 0.0151. The van der Waals surface area contributed by atoms with E-state index in [-0.39, 0.29) is 24.2 Å². The number of nitrogens with one attached hydrogen (secondary N) is 1. The van der Waals surface area contributed by atoms with E-state index >= 15 is 0 Å². The van der Waals surface area contributed by atoms with E-state index in [1.807, 2.05) is 18.3 Å². The van der Waals surface area contributed by atoms with Crippen molar-refractivity contribution in [3.63, 3.8) is 0 Å². The fourth-order valence-electron chi connectivity index (χ4n) is 2.60. The Balaban J connectivity index is 1.78. The van der Waals surface area contributed by atoms with Crippen molar-refractivity contribution in [1.29, 1.82) is 0 Å². The summed E-state index contributed by atoms with van der Waals surface area (Å²) in [5.74, 6) is -0.684. The third-order valence-electron chi connectivity index (χ3n) is 3.65. The number of aromatic nitrogens is 2. The van der Waals surface area contributed by atoms with Gasteiger partial charge in [0.25, 0.3) is 0 Å². The van der Waals surface area contributed by atoms with Gasteiger partial charge in [-0.25, -0.2) is 4.98 Å². The topological polar surface area (TPSA) is 75.3 Å². The highest BCUT2D eigenvalue weighted by molar-refractivity contribution is 5.87. The van der Waals surface area contributed by atoms with Crippen molar-refractivity contribution in [1.82, 2.24) is 14.9 Å². The summed E-state index contributed by atoms with van der Waals surface area (Å²) in [5.41, 5.74) is 1.81. The molecule has 1 aliphatic heterocycles. The van der Waals surface area contributed by atoms with Gasteiger partial charge in [0.2, 0.25) is 5.91 Å². The molecular weight excluding hydrogens is 258 g/mol. The second kappa shape index (κ2) is 4.96. The Kier molecular flexibility index (Phi) is 3.14. The van der Waals surface area contributed by atoms with E-state index in [1.54, 1.807) is 11.1 Å². The average molecular weight is 273 g/mol. The van der Waals surface area contributed by atoms with E-state index in [2.05, 4.69) is 9.97 Å². The molecule has 3 rings (SSSR count). The molecule has 0 saturated carbocycles. The Bertz CT molecular complexity index is 664. The number of ether oxygens (including phenoxy) is 1. The summed E-state index contributed by atoms with van der Waals surface area (Å²) >= 11 is 0. The maximum atomic E-state index is 12.0. The largest absolute Gasteiger partial charge is 0.469 e. The van der Waals surface area contributed by atoms with Crippen molar-refractivity contribution in [3.8, 4) is 0 Å². The molecule has 0 aliphatic carbocycles. The maximum Gasteiger partial charge on any atom is 0.310 e. The minimum Gasteiger partial charge on any atom is -0.469 e. The van der Waals surface area contributed by atoms with Crippen LogP contribution < -0.4 is 0 Å². The zero-order chi connectivity index (χ0) is 14.1. The number of hydrogen-bond acceptors (Lipinski definition) is 4. The molecule has 20 heavy (non-hydrogen) atoms. The Hall–Kier alpha value is -2.37. The summed E-state index contributed by atoms with van der Waals surface area (Å²) in [6.07, 6.45) is 3.81. The highest BCUT2D eigenvalue weighted by Gasteiger charge is 2.35. The fourth-order valence-corrected chi connectivity index (χ4v) is 2.60. The van der Waals surface area contributed by atoms with Gasteiger partial charge in [-0.3, -0.25) is 9.59 Å². The molecule has 6 nitrogen and oxygen atoms in total. The van der Waals surface area contributed by atoms with E-state index in [9.17, 15) is 9.59 Å². The first kappa shape index (κ1) is 12.7. The molecule has 6 heteroatoms. The summed E-state index contributed by atoms with van der Waals surface area (Å²) in [6, 6.07) is 3.83. The van der Waals surface area contributed by atoms with Crippen molar-refractivity contribution in [3.05, 3.63) is 30.1 Å². The van der Waals surface area contributed by atoms with Crippen LogP contribution in [0.15, 0.2) is 24.5 Å². The van der Waals surface area contributed by atoms with E-state index in [1.165, 1.54) is 7.11 Å². The number of aromatic amines is 1. The number of hydrogen-bond donors (Lipinski definition) is 1. The zero-order valence-electron chi connectivity index (χ0n) is 11.1. The van der Waals surface area contributed by atoms with Crippen molar-refractivity contribution in [2.24, 2.45) is 5.92 Å². The van der Waals surface area contributed by atoms with Gasteiger partial charge >= 0.3 is 5.97 Å². The molecular formula is C14H15N3O3. The number of carbonyl (C=O) groups is 2. The SMILES string of the molecule is COC(=O)C1CC(=O)N(Cc2c[nH]c3ncccc23)C1. The van der Waals surface area contributed by atoms with Crippen LogP contribution in [-0.2, 0) is 20.9 Å². The molecule has 3 heterocycles. The van der Waals surface area contributed by atoms with E-state index in [4.69, 9.17) is 4.74 Å². The molecule has 2 aromatic rings. The van der Waals surface area contributed by atoms with Gasteiger partial charge in [0, 0.05) is 37.3 Å². The molecule has 0 bridgehead atoms. The number of rotatable bonds is 3. The quantitative estimate of drug-likeness (QED) is 0.849. The highest BCUT2D eigenvalue weighted by Crippen LogP contribution is 2.24. The van der Waals surface area contributed by atoms with Crippen LogP contribution in [0.1, 0.15) is 12.0 Å². The molecule has 0 spiro atoms. The summed E-state index contributed by atoms with van der Waals surface area (Å²) in [7, 11) is 1.35. The molecule has 0 radical (unpaired) electrons. The van der Waals surface area contributed by atoms with Gasteiger partial charge in [-0.05, 0) is 17.7 Å². The molecule has 104 valence electrons. The molecule has 1 fully saturated rings. The summed E-state index contributed by atoms with van der Waals surface area (Å²) in [4.78, 5) is 32.5. The monoisotopic (exact) mass is 273 g/mol. The number of fused-ring (bicyclic) bond motifs is 1. The first-order valence-electron chi connectivity index (χ1n) is 6.45. The fraction of sp³-hybridized carbons (Fsp3) is 0.357. The van der Waals surface area contributed by atoms with Crippen LogP contribution in [0, 0.1) is 5.92 Å². The third-order valence-corrected chi connectivity index (χ3v) is 3.65. The van der Waals surface area contributed by atoms with Crippen molar-refractivity contribution < 1.29 is 14.3 Å². The Morgan fingerprint density at radius 2 is 2.45 bits per heavy atom. The van der Waals surface area contributed by atoms with Crippen molar-refractivity contribution in [2.45, 2.75) is 13.0 Å². The highest BCUT2D eigenvalue weighted by atomic mass is 16.5. The first-order valence-corrected chi connectivity index (χ1v) is 6.45. The maximum absolute atomic E-state index is 12.0. The smallest absolute Gasteiger partial charge is 0.310 e. The number of nitrogens with zero attached hydrogens (tertiary/aromatic N) is 2. The number of H-pyrrole nitrogens is 1. The summed E-state index contributed by atoms with van der Waals surface area (Å²) in [5, 5.41) is 1.00. The van der Waals surface area contributed by atoms with Crippen molar-refractivity contribution >= 4 is 22.9 Å². The Labute approximate surface area is 115 Å². The second-order valence-corrected chi connectivity index (χ2v) is 4.91. The van der Waals surface area contributed by atoms with Gasteiger partial charge in [-0.2, -0.15) is 0 Å². The van der Waals surface area contributed by atoms with Crippen LogP contribution in [0.5, 0.6) is 0 Å². The van der Waals surface area contributed by atoms with Crippen LogP contribution in [0.4, 0.5) is 0 Å². The van der Waals surface area contributed by atoms with Crippen LogP contribution in [-0.4, -0.2) is 40.4 Å². The molecule has 1 unspecified atom stereocenters. The minimum atomic E-state index is -0.351. The Morgan fingerprint density at radius 3 is 3.25 bits per heavy atom. The van der Waals surface area contributed by atoms with E-state index in [0.717, 1.165) is 16.6 Å². The average Bonchev–Trinajstić information content (AvgIpc) is 3.04. The number of esters is 1. The van der Waals surface area contributed by atoms with Gasteiger partial charge in [-0.1, -0.05) is 0 Å². The molecule has 1 aliphatic rings. The summed E-state index contributed by atoms with van der Waals surface area (Å²) < 4.78 is 4.70. The van der Waals surface area contributed by atoms with Crippen LogP contribution in [0.25, 0.3) is 11.0 Å². The van der Waals surface area contributed by atoms with E-state index in [0.29, 0.717) is 13.1 Å². The van der Waals surface area contributed by atoms with Crippen molar-refractivity contribution in [2.75, 3.05) is 13.7 Å². The molecule has 2 aromatic heterocycles. The van der Waals surface area contributed by atoms with Gasteiger partial charge < -0.3 is 14.6 Å². The van der Waals surface area contributed by atoms with Crippen LogP contribution >= 0.6 is 0 Å². The predicted molar refractivity (Wildman–Crippen MR) is 71.6 cm³/mol. The molecule has 0 aromatic carbocycles. The number of methoxy groups -OCH3 is 1. The van der Waals surface area contributed by atoms with Gasteiger partial charge in [0.05, 0.1) is 13.0 Å². The predicted octanol–water partition coefficient (Wildman–Crippen LogP) is 1.08.